The number of alkyl halides is 1. The molecular formula is C3H9ClO2. The van der Waals surface area contributed by atoms with Gasteiger partial charge in [-0.2, -0.15) is 0 Å². The van der Waals surface area contributed by atoms with E-state index in [1.165, 1.54) is 0 Å². The summed E-state index contributed by atoms with van der Waals surface area (Å²) >= 11 is 5.19. The molecule has 0 aliphatic rings. The summed E-state index contributed by atoms with van der Waals surface area (Å²) in [4.78, 5) is 0. The molecular weight excluding hydrogens is 103 g/mol. The molecule has 40 valence electrons. The normalized spacial score (nSPS) is 6.00. The van der Waals surface area contributed by atoms with Gasteiger partial charge < -0.3 is 0 Å². The van der Waals surface area contributed by atoms with Gasteiger partial charge in [-0.25, -0.2) is 0 Å². The Hall–Kier alpha value is 0.210. The van der Waals surface area contributed by atoms with Gasteiger partial charge in [-0.15, -0.1) is 11.6 Å². The molecule has 3 heteroatoms. The minimum absolute atomic E-state index is 0.792. The van der Waals surface area contributed by atoms with Gasteiger partial charge in [-0.3, -0.25) is 10.5 Å². The fraction of sp³-hybridized carbons (Fsp3) is 1.00. The number of hydrogen-bond donors (Lipinski definition) is 2. The highest BCUT2D eigenvalue weighted by Crippen LogP contribution is 1.75. The Morgan fingerprint density at radius 1 is 1.50 bits per heavy atom. The summed E-state index contributed by atoms with van der Waals surface area (Å²) in [6, 6.07) is 0. The van der Waals surface area contributed by atoms with Crippen molar-refractivity contribution in [3.8, 4) is 0 Å². The molecule has 0 saturated heterocycles. The summed E-state index contributed by atoms with van der Waals surface area (Å²) in [6.45, 7) is 2.05. The van der Waals surface area contributed by atoms with Crippen LogP contribution in [0.25, 0.3) is 0 Å². The van der Waals surface area contributed by atoms with E-state index in [9.17, 15) is 0 Å². The van der Waals surface area contributed by atoms with Crippen molar-refractivity contribution in [1.29, 1.82) is 0 Å². The van der Waals surface area contributed by atoms with Crippen LogP contribution in [0.5, 0.6) is 0 Å². The molecule has 2 N–H and O–H groups in total. The van der Waals surface area contributed by atoms with E-state index in [1.807, 2.05) is 6.92 Å². The van der Waals surface area contributed by atoms with Crippen LogP contribution in [0.3, 0.4) is 0 Å². The van der Waals surface area contributed by atoms with Gasteiger partial charge in [0.15, 0.2) is 0 Å². The van der Waals surface area contributed by atoms with Gasteiger partial charge in [0.05, 0.1) is 0 Å². The SMILES string of the molecule is CCCCl.OO. The minimum atomic E-state index is 0.792. The maximum atomic E-state index is 6.00. The van der Waals surface area contributed by atoms with Gasteiger partial charge in [0.1, 0.15) is 0 Å². The van der Waals surface area contributed by atoms with Gasteiger partial charge in [-0.1, -0.05) is 6.92 Å². The first-order valence-corrected chi connectivity index (χ1v) is 2.21. The fourth-order valence-corrected chi connectivity index (χ4v) is 0. The molecule has 0 aromatic carbocycles. The average molecular weight is 113 g/mol. The third kappa shape index (κ3) is 29.6. The molecule has 0 aliphatic carbocycles. The zero-order chi connectivity index (χ0) is 5.41. The summed E-state index contributed by atoms with van der Waals surface area (Å²) in [5.74, 6) is 0.792. The zero-order valence-corrected chi connectivity index (χ0v) is 4.44. The van der Waals surface area contributed by atoms with E-state index >= 15 is 0 Å². The number of hydrogen-bond acceptors (Lipinski definition) is 2. The van der Waals surface area contributed by atoms with Crippen molar-refractivity contribution < 1.29 is 10.5 Å². The molecule has 0 bridgehead atoms. The van der Waals surface area contributed by atoms with E-state index in [2.05, 4.69) is 0 Å². The van der Waals surface area contributed by atoms with Crippen LogP contribution >= 0.6 is 11.6 Å². The van der Waals surface area contributed by atoms with E-state index in [-0.39, 0.29) is 0 Å². The Kier molecular flexibility index (Phi) is 30.0. The van der Waals surface area contributed by atoms with Crippen molar-refractivity contribution >= 4 is 11.6 Å². The summed E-state index contributed by atoms with van der Waals surface area (Å²) in [7, 11) is 0. The highest BCUT2D eigenvalue weighted by atomic mass is 35.5. The first kappa shape index (κ1) is 9.51. The second-order valence-corrected chi connectivity index (χ2v) is 1.07. The Morgan fingerprint density at radius 2 is 1.67 bits per heavy atom. The van der Waals surface area contributed by atoms with Crippen molar-refractivity contribution in [2.24, 2.45) is 0 Å². The smallest absolute Gasteiger partial charge is 0.0220 e. The molecule has 0 radical (unpaired) electrons. The zero-order valence-electron chi connectivity index (χ0n) is 3.69. The van der Waals surface area contributed by atoms with Gasteiger partial charge in [0.25, 0.3) is 0 Å². The molecule has 0 fully saturated rings. The molecule has 0 atom stereocenters. The Balaban J connectivity index is 0. The Morgan fingerprint density at radius 3 is 1.67 bits per heavy atom. The lowest BCUT2D eigenvalue weighted by Crippen LogP contribution is -1.55. The molecule has 0 aromatic rings. The van der Waals surface area contributed by atoms with E-state index < -0.39 is 0 Å². The molecule has 6 heavy (non-hydrogen) atoms. The van der Waals surface area contributed by atoms with Gasteiger partial charge in [0.2, 0.25) is 0 Å². The summed E-state index contributed by atoms with van der Waals surface area (Å²) in [5.41, 5.74) is 0. The van der Waals surface area contributed by atoms with Crippen LogP contribution in [-0.2, 0) is 0 Å². The molecule has 0 amide bonds. The Bertz CT molecular complexity index is 10.8. The highest BCUT2D eigenvalue weighted by molar-refractivity contribution is 6.17. The van der Waals surface area contributed by atoms with E-state index in [1.54, 1.807) is 0 Å². The lowest BCUT2D eigenvalue weighted by atomic mass is 10.6. The lowest BCUT2D eigenvalue weighted by molar-refractivity contribution is -0.176. The maximum absolute atomic E-state index is 6.00. The predicted octanol–water partition coefficient (Wildman–Crippen LogP) is 1.65. The third-order valence-electron chi connectivity index (χ3n) is 0.189. The topological polar surface area (TPSA) is 40.5 Å². The quantitative estimate of drug-likeness (QED) is 0.308. The second kappa shape index (κ2) is 18.9. The summed E-state index contributed by atoms with van der Waals surface area (Å²) < 4.78 is 0. The van der Waals surface area contributed by atoms with E-state index in [0.717, 1.165) is 12.3 Å². The molecule has 0 saturated carbocycles. The molecule has 0 rings (SSSR count). The average Bonchev–Trinajstić information content (AvgIpc) is 1.72. The molecule has 0 aliphatic heterocycles. The molecule has 0 unspecified atom stereocenters. The second-order valence-electron chi connectivity index (χ2n) is 0.689. The highest BCUT2D eigenvalue weighted by Gasteiger charge is 1.59. The molecule has 0 spiro atoms. The van der Waals surface area contributed by atoms with Crippen LogP contribution in [0.2, 0.25) is 0 Å². The largest absolute Gasteiger partial charge is 0.255 e. The first-order valence-electron chi connectivity index (χ1n) is 1.67. The number of rotatable bonds is 1. The lowest BCUT2D eigenvalue weighted by Gasteiger charge is -1.65. The molecule has 2 nitrogen and oxygen atoms in total. The van der Waals surface area contributed by atoms with Crippen LogP contribution in [0.1, 0.15) is 13.3 Å². The minimum Gasteiger partial charge on any atom is -0.255 e. The first-order chi connectivity index (χ1) is 2.91. The maximum Gasteiger partial charge on any atom is 0.0220 e. The van der Waals surface area contributed by atoms with Crippen molar-refractivity contribution in [1.82, 2.24) is 0 Å². The summed E-state index contributed by atoms with van der Waals surface area (Å²) in [5, 5.41) is 12.0. The van der Waals surface area contributed by atoms with Crippen molar-refractivity contribution in [2.45, 2.75) is 13.3 Å². The van der Waals surface area contributed by atoms with Gasteiger partial charge >= 0.3 is 0 Å². The van der Waals surface area contributed by atoms with Gasteiger partial charge in [-0.05, 0) is 6.42 Å². The van der Waals surface area contributed by atoms with Crippen LogP contribution in [0, 0.1) is 0 Å². The van der Waals surface area contributed by atoms with Crippen LogP contribution in [0.4, 0.5) is 0 Å². The van der Waals surface area contributed by atoms with Crippen molar-refractivity contribution in [2.75, 3.05) is 5.88 Å². The fourth-order valence-electron chi connectivity index (χ4n) is 0. The third-order valence-corrected chi connectivity index (χ3v) is 0.567. The predicted molar refractivity (Wildman–Crippen MR) is 26.3 cm³/mol. The van der Waals surface area contributed by atoms with Crippen molar-refractivity contribution in [3.05, 3.63) is 0 Å². The molecule has 0 aromatic heterocycles. The van der Waals surface area contributed by atoms with Crippen LogP contribution < -0.4 is 0 Å². The van der Waals surface area contributed by atoms with Crippen LogP contribution in [-0.4, -0.2) is 16.4 Å². The standard InChI is InChI=1S/C3H7Cl.H2O2/c1-2-3-4;1-2/h2-3H2,1H3;1-2H. The Labute approximate surface area is 42.3 Å². The molecule has 0 heterocycles. The van der Waals surface area contributed by atoms with Crippen molar-refractivity contribution in [3.63, 3.8) is 0 Å². The van der Waals surface area contributed by atoms with Crippen LogP contribution in [0.15, 0.2) is 0 Å². The van der Waals surface area contributed by atoms with E-state index in [4.69, 9.17) is 22.1 Å². The van der Waals surface area contributed by atoms with Gasteiger partial charge in [0, 0.05) is 5.88 Å². The van der Waals surface area contributed by atoms with E-state index in [0.29, 0.717) is 0 Å². The monoisotopic (exact) mass is 112 g/mol. The number of halogens is 1. The summed E-state index contributed by atoms with van der Waals surface area (Å²) in [6.07, 6.45) is 1.08.